The fourth-order valence-electron chi connectivity index (χ4n) is 3.91. The Labute approximate surface area is 154 Å². The van der Waals surface area contributed by atoms with E-state index in [2.05, 4.69) is 4.90 Å². The van der Waals surface area contributed by atoms with Crippen LogP contribution in [0.4, 0.5) is 0 Å². The second kappa shape index (κ2) is 7.80. The molecule has 0 amide bonds. The van der Waals surface area contributed by atoms with Crippen molar-refractivity contribution in [2.24, 2.45) is 0 Å². The summed E-state index contributed by atoms with van der Waals surface area (Å²) in [6.07, 6.45) is 3.71. The molecular formula is C17H25ClN2O4S. The minimum Gasteiger partial charge on any atom is -0.495 e. The number of ether oxygens (including phenoxy) is 1. The van der Waals surface area contributed by atoms with Crippen molar-refractivity contribution >= 4 is 21.6 Å². The molecule has 2 fully saturated rings. The van der Waals surface area contributed by atoms with Crippen molar-refractivity contribution in [1.29, 1.82) is 0 Å². The summed E-state index contributed by atoms with van der Waals surface area (Å²) in [5, 5.41) is 9.79. The average molecular weight is 389 g/mol. The minimum absolute atomic E-state index is 0.183. The van der Waals surface area contributed by atoms with Crippen molar-refractivity contribution in [3.63, 3.8) is 0 Å². The lowest BCUT2D eigenvalue weighted by molar-refractivity contribution is 0.0899. The third-order valence-electron chi connectivity index (χ3n) is 5.29. The smallest absolute Gasteiger partial charge is 0.243 e. The number of piperidine rings is 1. The summed E-state index contributed by atoms with van der Waals surface area (Å²) >= 11 is 6.08. The Morgan fingerprint density at radius 3 is 2.56 bits per heavy atom. The maximum Gasteiger partial charge on any atom is 0.243 e. The Morgan fingerprint density at radius 1 is 1.24 bits per heavy atom. The van der Waals surface area contributed by atoms with Crippen LogP contribution in [0.2, 0.25) is 5.02 Å². The number of sulfonamides is 1. The second-order valence-electron chi connectivity index (χ2n) is 6.65. The van der Waals surface area contributed by atoms with Crippen LogP contribution in [0.15, 0.2) is 23.1 Å². The van der Waals surface area contributed by atoms with E-state index in [1.54, 1.807) is 6.07 Å². The van der Waals surface area contributed by atoms with Gasteiger partial charge in [0, 0.05) is 25.2 Å². The maximum atomic E-state index is 12.9. The number of hydrogen-bond acceptors (Lipinski definition) is 5. The van der Waals surface area contributed by atoms with E-state index in [1.165, 1.54) is 23.5 Å². The SMILES string of the molecule is COc1ccc(S(=O)(=O)N2CCC(N3CCC[C@@H]3CO)CC2)cc1Cl. The number of aliphatic hydroxyl groups is 1. The zero-order valence-corrected chi connectivity index (χ0v) is 16.0. The van der Waals surface area contributed by atoms with Gasteiger partial charge >= 0.3 is 0 Å². The van der Waals surface area contributed by atoms with E-state index in [-0.39, 0.29) is 17.5 Å². The molecular weight excluding hydrogens is 364 g/mol. The molecule has 1 N–H and O–H groups in total. The summed E-state index contributed by atoms with van der Waals surface area (Å²) in [5.41, 5.74) is 0. The molecule has 0 aliphatic carbocycles. The predicted octanol–water partition coefficient (Wildman–Crippen LogP) is 1.96. The van der Waals surface area contributed by atoms with E-state index in [4.69, 9.17) is 16.3 Å². The highest BCUT2D eigenvalue weighted by atomic mass is 35.5. The Balaban J connectivity index is 1.68. The van der Waals surface area contributed by atoms with Crippen molar-refractivity contribution in [3.8, 4) is 5.75 Å². The summed E-state index contributed by atoms with van der Waals surface area (Å²) < 4.78 is 32.3. The highest BCUT2D eigenvalue weighted by Gasteiger charge is 2.35. The molecule has 0 radical (unpaired) electrons. The van der Waals surface area contributed by atoms with Gasteiger partial charge in [-0.05, 0) is 50.4 Å². The molecule has 2 heterocycles. The van der Waals surface area contributed by atoms with E-state index in [0.717, 1.165) is 32.2 Å². The Bertz CT molecular complexity index is 705. The van der Waals surface area contributed by atoms with E-state index in [9.17, 15) is 13.5 Å². The molecule has 0 unspecified atom stereocenters. The first-order valence-corrected chi connectivity index (χ1v) is 10.5. The van der Waals surface area contributed by atoms with Crippen molar-refractivity contribution in [3.05, 3.63) is 23.2 Å². The highest BCUT2D eigenvalue weighted by Crippen LogP contribution is 2.31. The number of aliphatic hydroxyl groups excluding tert-OH is 1. The van der Waals surface area contributed by atoms with Gasteiger partial charge in [-0.25, -0.2) is 8.42 Å². The predicted molar refractivity (Wildman–Crippen MR) is 96.6 cm³/mol. The highest BCUT2D eigenvalue weighted by molar-refractivity contribution is 7.89. The van der Waals surface area contributed by atoms with Crippen LogP contribution in [0.1, 0.15) is 25.7 Å². The lowest BCUT2D eigenvalue weighted by Crippen LogP contribution is -2.48. The topological polar surface area (TPSA) is 70.1 Å². The van der Waals surface area contributed by atoms with Gasteiger partial charge in [0.05, 0.1) is 23.6 Å². The largest absolute Gasteiger partial charge is 0.495 e. The monoisotopic (exact) mass is 388 g/mol. The zero-order valence-electron chi connectivity index (χ0n) is 14.4. The van der Waals surface area contributed by atoms with E-state index < -0.39 is 10.0 Å². The molecule has 8 heteroatoms. The molecule has 3 rings (SSSR count). The third-order valence-corrected chi connectivity index (χ3v) is 7.48. The minimum atomic E-state index is -3.55. The van der Waals surface area contributed by atoms with Crippen LogP contribution < -0.4 is 4.74 Å². The number of likely N-dealkylation sites (tertiary alicyclic amines) is 1. The van der Waals surface area contributed by atoms with Crippen molar-refractivity contribution in [2.75, 3.05) is 33.4 Å². The molecule has 0 spiro atoms. The van der Waals surface area contributed by atoms with Crippen LogP contribution in [-0.2, 0) is 10.0 Å². The molecule has 2 saturated heterocycles. The standard InChI is InChI=1S/C17H25ClN2O4S/c1-24-17-5-4-15(11-16(17)18)25(22,23)19-9-6-13(7-10-19)20-8-2-3-14(20)12-21/h4-5,11,13-14,21H,2-3,6-10,12H2,1H3/t14-/m1/s1. The average Bonchev–Trinajstić information content (AvgIpc) is 3.10. The molecule has 25 heavy (non-hydrogen) atoms. The van der Waals surface area contributed by atoms with Gasteiger partial charge in [-0.1, -0.05) is 11.6 Å². The van der Waals surface area contributed by atoms with Crippen LogP contribution in [-0.4, -0.2) is 68.2 Å². The maximum absolute atomic E-state index is 12.9. The molecule has 2 aliphatic rings. The van der Waals surface area contributed by atoms with Crippen LogP contribution in [0.25, 0.3) is 0 Å². The third kappa shape index (κ3) is 3.80. The van der Waals surface area contributed by atoms with Crippen molar-refractivity contribution in [2.45, 2.75) is 42.7 Å². The molecule has 0 aromatic heterocycles. The van der Waals surface area contributed by atoms with Gasteiger partial charge in [0.2, 0.25) is 10.0 Å². The first-order valence-electron chi connectivity index (χ1n) is 8.67. The van der Waals surface area contributed by atoms with Gasteiger partial charge in [0.15, 0.2) is 0 Å². The molecule has 1 aromatic carbocycles. The summed E-state index contributed by atoms with van der Waals surface area (Å²) in [7, 11) is -2.05. The fourth-order valence-corrected chi connectivity index (χ4v) is 5.72. The van der Waals surface area contributed by atoms with Gasteiger partial charge in [-0.15, -0.1) is 0 Å². The molecule has 140 valence electrons. The van der Waals surface area contributed by atoms with Crippen LogP contribution in [0, 0.1) is 0 Å². The molecule has 2 aliphatic heterocycles. The van der Waals surface area contributed by atoms with Gasteiger partial charge in [0.25, 0.3) is 0 Å². The fraction of sp³-hybridized carbons (Fsp3) is 0.647. The Morgan fingerprint density at radius 2 is 1.96 bits per heavy atom. The second-order valence-corrected chi connectivity index (χ2v) is 8.99. The van der Waals surface area contributed by atoms with Crippen molar-refractivity contribution < 1.29 is 18.3 Å². The van der Waals surface area contributed by atoms with Crippen LogP contribution in [0.3, 0.4) is 0 Å². The molecule has 1 atom stereocenters. The summed E-state index contributed by atoms with van der Waals surface area (Å²) in [6, 6.07) is 5.15. The Hall–Kier alpha value is -0.860. The summed E-state index contributed by atoms with van der Waals surface area (Å²) in [4.78, 5) is 2.56. The van der Waals surface area contributed by atoms with E-state index >= 15 is 0 Å². The molecule has 6 nitrogen and oxygen atoms in total. The number of rotatable bonds is 5. The van der Waals surface area contributed by atoms with Crippen LogP contribution >= 0.6 is 11.6 Å². The molecule has 0 saturated carbocycles. The quantitative estimate of drug-likeness (QED) is 0.834. The summed E-state index contributed by atoms with van der Waals surface area (Å²) in [6.45, 7) is 2.16. The Kier molecular flexibility index (Phi) is 5.90. The number of hydrogen-bond donors (Lipinski definition) is 1. The first kappa shape index (κ1) is 18.9. The van der Waals surface area contributed by atoms with E-state index in [1.807, 2.05) is 0 Å². The van der Waals surface area contributed by atoms with Gasteiger partial charge < -0.3 is 9.84 Å². The number of methoxy groups -OCH3 is 1. The normalized spacial score (nSPS) is 23.9. The number of benzene rings is 1. The lowest BCUT2D eigenvalue weighted by atomic mass is 10.0. The zero-order chi connectivity index (χ0) is 18.0. The van der Waals surface area contributed by atoms with Gasteiger partial charge in [0.1, 0.15) is 5.75 Å². The van der Waals surface area contributed by atoms with Gasteiger partial charge in [-0.2, -0.15) is 4.31 Å². The van der Waals surface area contributed by atoms with Crippen LogP contribution in [0.5, 0.6) is 5.75 Å². The summed E-state index contributed by atoms with van der Waals surface area (Å²) in [5.74, 6) is 0.461. The van der Waals surface area contributed by atoms with Crippen molar-refractivity contribution in [1.82, 2.24) is 9.21 Å². The molecule has 0 bridgehead atoms. The number of nitrogens with zero attached hydrogens (tertiary/aromatic N) is 2. The lowest BCUT2D eigenvalue weighted by Gasteiger charge is -2.38. The first-order chi connectivity index (χ1) is 12.0. The number of halogens is 1. The van der Waals surface area contributed by atoms with E-state index in [0.29, 0.717) is 29.9 Å². The molecule has 1 aromatic rings. The van der Waals surface area contributed by atoms with Gasteiger partial charge in [-0.3, -0.25) is 4.90 Å².